The van der Waals surface area contributed by atoms with E-state index in [9.17, 15) is 56.2 Å². The fourth-order valence-electron chi connectivity index (χ4n) is 7.30. The van der Waals surface area contributed by atoms with Crippen molar-refractivity contribution in [3.8, 4) is 17.2 Å². The Morgan fingerprint density at radius 2 is 0.912 bits per heavy atom. The molecule has 3 aliphatic heterocycles. The second-order valence-corrected chi connectivity index (χ2v) is 14.6. The first-order valence-electron chi connectivity index (χ1n) is 19.2. The van der Waals surface area contributed by atoms with Crippen LogP contribution in [0.15, 0.2) is 72.8 Å². The summed E-state index contributed by atoms with van der Waals surface area (Å²) in [5, 5.41) is 109. The Bertz CT molecular complexity index is 1590. The Kier molecular flexibility index (Phi) is 16.0. The van der Waals surface area contributed by atoms with Crippen molar-refractivity contribution in [3.05, 3.63) is 89.5 Å². The van der Waals surface area contributed by atoms with E-state index in [1.54, 1.807) is 72.8 Å². The number of phenolic OH excluding ortho intramolecular Hbond substituents is 1. The monoisotopic (exact) mass is 804 g/mol. The first kappa shape index (κ1) is 44.6. The number of aliphatic hydroxyl groups excluding tert-OH is 10. The number of hydrogen-bond acceptors (Lipinski definition) is 16. The summed E-state index contributed by atoms with van der Waals surface area (Å²) >= 11 is 0. The standard InChI is InChI=1S/C27H36O12.C14H20O4/c28-12-18-20(30)22(32)24(34)26(38-18)14-4-1-6-16(10-14)36-8-3-9-37-17-7-2-5-15(11-17)27-25(35)23(33)21(31)19(13-29)39-27;1-3-11-8(2)12(16)13(17)14(18-11)9-5-4-6-10(15)7-9/h1-2,4-7,10-11,18-35H,3,8-9,12-13H2;4-8,11-17H,3H2,1-2H3/t18-,19-,20-,21-,22+,23+,24+,25+,26-,27-;8-,11-,12+,13+,14-/m11/s1. The molecule has 16 heteroatoms. The van der Waals surface area contributed by atoms with Gasteiger partial charge in [0.1, 0.15) is 90.5 Å². The van der Waals surface area contributed by atoms with Crippen LogP contribution in [0.3, 0.4) is 0 Å². The van der Waals surface area contributed by atoms with Crippen LogP contribution in [0.25, 0.3) is 0 Å². The largest absolute Gasteiger partial charge is 0.508 e. The molecule has 3 aromatic rings. The number of aromatic hydroxyl groups is 1. The molecule has 11 N–H and O–H groups in total. The van der Waals surface area contributed by atoms with Gasteiger partial charge in [-0.05, 0) is 59.5 Å². The molecule has 3 aromatic carbocycles. The van der Waals surface area contributed by atoms with E-state index in [0.717, 1.165) is 6.42 Å². The highest BCUT2D eigenvalue weighted by Gasteiger charge is 2.45. The van der Waals surface area contributed by atoms with Crippen LogP contribution in [0, 0.1) is 5.92 Å². The van der Waals surface area contributed by atoms with Gasteiger partial charge in [0.05, 0.1) is 38.6 Å². The van der Waals surface area contributed by atoms with E-state index in [-0.39, 0.29) is 17.8 Å². The molecule has 0 amide bonds. The maximum absolute atomic E-state index is 10.4. The molecular formula is C41H56O16. The third-order valence-corrected chi connectivity index (χ3v) is 10.7. The minimum absolute atomic E-state index is 0.0873. The molecule has 3 aliphatic rings. The van der Waals surface area contributed by atoms with Gasteiger partial charge in [-0.3, -0.25) is 0 Å². The zero-order chi connectivity index (χ0) is 41.4. The number of ether oxygens (including phenoxy) is 5. The van der Waals surface area contributed by atoms with E-state index in [1.165, 1.54) is 0 Å². The van der Waals surface area contributed by atoms with Crippen molar-refractivity contribution in [2.75, 3.05) is 26.4 Å². The molecular weight excluding hydrogens is 748 g/mol. The SMILES string of the molecule is CC[C@H]1O[C@H](c2cccc(O)c2)[C@@H](O)[C@@H](O)[C@@H]1C.OC[C@H]1O[C@H](c2cccc(OCCCOc3cccc([C@H]4O[C@H](CO)[C@@H](O)[C@H](O)[C@@H]4O)c3)c2)[C@@H](O)[C@@H](O)[C@@H]1O. The van der Waals surface area contributed by atoms with Crippen LogP contribution in [0.2, 0.25) is 0 Å². The molecule has 0 saturated carbocycles. The lowest BCUT2D eigenvalue weighted by Gasteiger charge is -2.41. The second-order valence-electron chi connectivity index (χ2n) is 14.6. The maximum atomic E-state index is 10.4. The fraction of sp³-hybridized carbons (Fsp3) is 0.561. The molecule has 0 radical (unpaired) electrons. The molecule has 0 aromatic heterocycles. The lowest BCUT2D eigenvalue weighted by atomic mass is 9.85. The van der Waals surface area contributed by atoms with Crippen LogP contribution in [-0.4, -0.2) is 150 Å². The van der Waals surface area contributed by atoms with E-state index < -0.39 is 92.6 Å². The molecule has 16 nitrogen and oxygen atoms in total. The first-order chi connectivity index (χ1) is 27.3. The quantitative estimate of drug-likeness (QED) is 0.109. The molecule has 0 aliphatic carbocycles. The number of aliphatic hydroxyl groups is 10. The van der Waals surface area contributed by atoms with Gasteiger partial charge in [-0.15, -0.1) is 0 Å². The Hall–Kier alpha value is -3.46. The summed E-state index contributed by atoms with van der Waals surface area (Å²) in [5.41, 5.74) is 1.73. The fourth-order valence-corrected chi connectivity index (χ4v) is 7.30. The van der Waals surface area contributed by atoms with Crippen molar-refractivity contribution < 1.29 is 79.9 Å². The van der Waals surface area contributed by atoms with Crippen LogP contribution in [0.5, 0.6) is 17.2 Å². The van der Waals surface area contributed by atoms with Crippen molar-refractivity contribution in [2.24, 2.45) is 5.92 Å². The van der Waals surface area contributed by atoms with Gasteiger partial charge in [0.15, 0.2) is 0 Å². The van der Waals surface area contributed by atoms with Gasteiger partial charge < -0.3 is 79.9 Å². The van der Waals surface area contributed by atoms with E-state index >= 15 is 0 Å². The minimum Gasteiger partial charge on any atom is -0.508 e. The highest BCUT2D eigenvalue weighted by atomic mass is 16.6. The average Bonchev–Trinajstić information content (AvgIpc) is 3.22. The predicted molar refractivity (Wildman–Crippen MR) is 201 cm³/mol. The summed E-state index contributed by atoms with van der Waals surface area (Å²) in [4.78, 5) is 0. The van der Waals surface area contributed by atoms with Gasteiger partial charge in [-0.25, -0.2) is 0 Å². The summed E-state index contributed by atoms with van der Waals surface area (Å²) in [7, 11) is 0. The smallest absolute Gasteiger partial charge is 0.119 e. The third-order valence-electron chi connectivity index (χ3n) is 10.7. The molecule has 15 atom stereocenters. The number of phenols is 1. The third kappa shape index (κ3) is 10.6. The van der Waals surface area contributed by atoms with Crippen LogP contribution < -0.4 is 9.47 Å². The lowest BCUT2D eigenvalue weighted by Crippen LogP contribution is -2.55. The second kappa shape index (κ2) is 20.5. The van der Waals surface area contributed by atoms with Crippen LogP contribution >= 0.6 is 0 Å². The molecule has 0 bridgehead atoms. The molecule has 316 valence electrons. The Balaban J connectivity index is 0.000000287. The summed E-state index contributed by atoms with van der Waals surface area (Å²) in [6.45, 7) is 3.44. The number of benzene rings is 3. The van der Waals surface area contributed by atoms with E-state index in [1.807, 2.05) is 13.8 Å². The first-order valence-corrected chi connectivity index (χ1v) is 19.2. The highest BCUT2D eigenvalue weighted by Crippen LogP contribution is 2.38. The number of rotatable bonds is 12. The van der Waals surface area contributed by atoms with Gasteiger partial charge >= 0.3 is 0 Å². The molecule has 6 rings (SSSR count). The Morgan fingerprint density at radius 3 is 1.33 bits per heavy atom. The lowest BCUT2D eigenvalue weighted by molar-refractivity contribution is -0.231. The molecule has 3 heterocycles. The van der Waals surface area contributed by atoms with Gasteiger partial charge in [0.2, 0.25) is 0 Å². The van der Waals surface area contributed by atoms with E-state index in [4.69, 9.17) is 23.7 Å². The van der Waals surface area contributed by atoms with Gasteiger partial charge in [-0.2, -0.15) is 0 Å². The molecule has 57 heavy (non-hydrogen) atoms. The molecule has 0 spiro atoms. The van der Waals surface area contributed by atoms with E-state index in [0.29, 0.717) is 47.8 Å². The Morgan fingerprint density at radius 1 is 0.509 bits per heavy atom. The van der Waals surface area contributed by atoms with Gasteiger partial charge in [0.25, 0.3) is 0 Å². The molecule has 0 unspecified atom stereocenters. The van der Waals surface area contributed by atoms with Crippen molar-refractivity contribution >= 4 is 0 Å². The highest BCUT2D eigenvalue weighted by molar-refractivity contribution is 5.33. The van der Waals surface area contributed by atoms with Gasteiger partial charge in [0, 0.05) is 12.3 Å². The summed E-state index contributed by atoms with van der Waals surface area (Å²) in [6.07, 6.45) is -13.7. The summed E-state index contributed by atoms with van der Waals surface area (Å²) in [5.74, 6) is 1.02. The minimum atomic E-state index is -1.47. The topological polar surface area (TPSA) is 269 Å². The average molecular weight is 805 g/mol. The van der Waals surface area contributed by atoms with Crippen molar-refractivity contribution in [2.45, 2.75) is 112 Å². The van der Waals surface area contributed by atoms with Crippen molar-refractivity contribution in [1.29, 1.82) is 0 Å². The molecule has 3 fully saturated rings. The van der Waals surface area contributed by atoms with Crippen LogP contribution in [0.4, 0.5) is 0 Å². The van der Waals surface area contributed by atoms with Crippen LogP contribution in [-0.2, 0) is 14.2 Å². The summed E-state index contributed by atoms with van der Waals surface area (Å²) in [6, 6.07) is 20.1. The maximum Gasteiger partial charge on any atom is 0.119 e. The van der Waals surface area contributed by atoms with Gasteiger partial charge in [-0.1, -0.05) is 50.2 Å². The van der Waals surface area contributed by atoms with Crippen LogP contribution in [0.1, 0.15) is 61.7 Å². The Labute approximate surface area is 330 Å². The van der Waals surface area contributed by atoms with Crippen molar-refractivity contribution in [3.63, 3.8) is 0 Å². The normalized spacial score (nSPS) is 35.5. The molecule has 3 saturated heterocycles. The summed E-state index contributed by atoms with van der Waals surface area (Å²) < 4.78 is 28.6. The number of hydrogen-bond donors (Lipinski definition) is 11. The predicted octanol–water partition coefficient (Wildman–Crippen LogP) is 0.164. The zero-order valence-corrected chi connectivity index (χ0v) is 31.8. The van der Waals surface area contributed by atoms with Crippen molar-refractivity contribution in [1.82, 2.24) is 0 Å². The zero-order valence-electron chi connectivity index (χ0n) is 31.8. The van der Waals surface area contributed by atoms with E-state index in [2.05, 4.69) is 0 Å².